The molecule has 1 fully saturated rings. The number of pyridine rings is 2. The number of nitrogens with one attached hydrogen (secondary N) is 2. The molecular weight excluding hydrogens is 462 g/mol. The molecule has 0 unspecified atom stereocenters. The first-order valence-electron chi connectivity index (χ1n) is 11.9. The molecule has 0 aliphatic carbocycles. The standard InChI is InChI=1S/C24H33N9OS/c25-7-3-9-29-22-21(27)18(26)12-20(32-22)23(34)30-13-16-5-10-33(11-6-16)15-17-14-31-24(35-17)19-4-1-2-8-28-19/h1-2,4,8,12,14,16H,3,5-7,9-11,13,15,25,27H2,(H,30,34)(H3,26,29,32). The number of carbonyl (C=O) groups excluding carboxylic acids is 1. The van der Waals surface area contributed by atoms with Crippen molar-refractivity contribution >= 4 is 34.4 Å². The van der Waals surface area contributed by atoms with Crippen molar-refractivity contribution in [2.75, 3.05) is 49.5 Å². The third-order valence-electron chi connectivity index (χ3n) is 6.07. The van der Waals surface area contributed by atoms with Gasteiger partial charge in [-0.1, -0.05) is 6.07 Å². The summed E-state index contributed by atoms with van der Waals surface area (Å²) in [7, 11) is 0. The van der Waals surface area contributed by atoms with Crippen molar-refractivity contribution < 1.29 is 4.79 Å². The lowest BCUT2D eigenvalue weighted by molar-refractivity contribution is 0.0930. The summed E-state index contributed by atoms with van der Waals surface area (Å²) in [6.07, 6.45) is 6.55. The van der Waals surface area contributed by atoms with Gasteiger partial charge in [0, 0.05) is 36.9 Å². The molecule has 0 atom stereocenters. The minimum atomic E-state index is -0.243. The molecule has 186 valence electrons. The van der Waals surface area contributed by atoms with Crippen LogP contribution in [0.4, 0.5) is 17.2 Å². The summed E-state index contributed by atoms with van der Waals surface area (Å²) in [6.45, 7) is 4.64. The molecule has 3 aromatic rings. The molecule has 0 radical (unpaired) electrons. The Bertz CT molecular complexity index is 1110. The van der Waals surface area contributed by atoms with Crippen LogP contribution in [0.3, 0.4) is 0 Å². The van der Waals surface area contributed by atoms with Crippen LogP contribution in [0.5, 0.6) is 0 Å². The van der Waals surface area contributed by atoms with Crippen LogP contribution in [0.2, 0.25) is 0 Å². The first-order valence-corrected chi connectivity index (χ1v) is 12.7. The average Bonchev–Trinajstić information content (AvgIpc) is 3.35. The highest BCUT2D eigenvalue weighted by molar-refractivity contribution is 7.14. The number of aromatic nitrogens is 3. The lowest BCUT2D eigenvalue weighted by Gasteiger charge is -2.31. The Hall–Kier alpha value is -3.28. The quantitative estimate of drug-likeness (QED) is 0.265. The van der Waals surface area contributed by atoms with Crippen molar-refractivity contribution in [2.45, 2.75) is 25.8 Å². The highest BCUT2D eigenvalue weighted by atomic mass is 32.1. The van der Waals surface area contributed by atoms with Gasteiger partial charge in [-0.25, -0.2) is 9.97 Å². The van der Waals surface area contributed by atoms with Crippen molar-refractivity contribution in [1.29, 1.82) is 0 Å². The topological polar surface area (TPSA) is 161 Å². The molecule has 0 aromatic carbocycles. The molecule has 1 aliphatic rings. The minimum Gasteiger partial charge on any atom is -0.397 e. The van der Waals surface area contributed by atoms with E-state index in [1.165, 1.54) is 10.9 Å². The van der Waals surface area contributed by atoms with Crippen LogP contribution in [0.15, 0.2) is 36.7 Å². The number of thiazole rings is 1. The van der Waals surface area contributed by atoms with Crippen molar-refractivity contribution in [3.8, 4) is 10.7 Å². The molecule has 4 heterocycles. The Kier molecular flexibility index (Phi) is 8.45. The number of likely N-dealkylation sites (tertiary alicyclic amines) is 1. The maximum Gasteiger partial charge on any atom is 0.270 e. The maximum atomic E-state index is 12.7. The fourth-order valence-corrected chi connectivity index (χ4v) is 4.95. The molecule has 10 nitrogen and oxygen atoms in total. The van der Waals surface area contributed by atoms with Crippen LogP contribution in [0.1, 0.15) is 34.6 Å². The van der Waals surface area contributed by atoms with Gasteiger partial charge in [0.15, 0.2) is 5.82 Å². The molecule has 0 bridgehead atoms. The van der Waals surface area contributed by atoms with E-state index in [9.17, 15) is 4.79 Å². The highest BCUT2D eigenvalue weighted by Gasteiger charge is 2.21. The lowest BCUT2D eigenvalue weighted by atomic mass is 9.96. The highest BCUT2D eigenvalue weighted by Crippen LogP contribution is 2.26. The number of hydrogen-bond donors (Lipinski definition) is 5. The molecule has 1 amide bonds. The third-order valence-corrected chi connectivity index (χ3v) is 7.08. The summed E-state index contributed by atoms with van der Waals surface area (Å²) in [5.74, 6) is 0.605. The van der Waals surface area contributed by atoms with Crippen LogP contribution in [-0.2, 0) is 6.54 Å². The van der Waals surface area contributed by atoms with Crippen LogP contribution < -0.4 is 27.8 Å². The van der Waals surface area contributed by atoms with Gasteiger partial charge in [0.1, 0.15) is 10.7 Å². The van der Waals surface area contributed by atoms with Crippen molar-refractivity contribution in [3.63, 3.8) is 0 Å². The van der Waals surface area contributed by atoms with Gasteiger partial charge in [-0.15, -0.1) is 11.3 Å². The van der Waals surface area contributed by atoms with Gasteiger partial charge in [-0.2, -0.15) is 0 Å². The van der Waals surface area contributed by atoms with Crippen LogP contribution in [0, 0.1) is 5.92 Å². The first kappa shape index (κ1) is 24.8. The van der Waals surface area contributed by atoms with E-state index >= 15 is 0 Å². The van der Waals surface area contributed by atoms with E-state index in [1.54, 1.807) is 17.5 Å². The second kappa shape index (κ2) is 11.9. The smallest absolute Gasteiger partial charge is 0.270 e. The first-order chi connectivity index (χ1) is 17.0. The van der Waals surface area contributed by atoms with Crippen molar-refractivity contribution in [3.05, 3.63) is 47.2 Å². The zero-order chi connectivity index (χ0) is 24.6. The number of hydrogen-bond acceptors (Lipinski definition) is 10. The third kappa shape index (κ3) is 6.65. The van der Waals surface area contributed by atoms with Gasteiger partial charge in [-0.05, 0) is 63.0 Å². The van der Waals surface area contributed by atoms with Crippen LogP contribution in [-0.4, -0.2) is 58.5 Å². The number of nitrogens with zero attached hydrogens (tertiary/aromatic N) is 4. The SMILES string of the molecule is NCCCNc1nc(C(=O)NCC2CCN(Cc3cnc(-c4ccccn4)s3)CC2)cc(N)c1N. The van der Waals surface area contributed by atoms with Gasteiger partial charge in [-0.3, -0.25) is 14.7 Å². The van der Waals surface area contributed by atoms with Gasteiger partial charge in [0.2, 0.25) is 0 Å². The lowest BCUT2D eigenvalue weighted by Crippen LogP contribution is -2.38. The molecule has 4 rings (SSSR count). The molecule has 1 aliphatic heterocycles. The summed E-state index contributed by atoms with van der Waals surface area (Å²) >= 11 is 1.69. The van der Waals surface area contributed by atoms with E-state index in [-0.39, 0.29) is 11.6 Å². The summed E-state index contributed by atoms with van der Waals surface area (Å²) < 4.78 is 0. The van der Waals surface area contributed by atoms with Gasteiger partial charge < -0.3 is 27.8 Å². The zero-order valence-electron chi connectivity index (χ0n) is 19.7. The van der Waals surface area contributed by atoms with E-state index in [1.807, 2.05) is 24.4 Å². The molecule has 1 saturated heterocycles. The molecule has 3 aromatic heterocycles. The number of amides is 1. The van der Waals surface area contributed by atoms with Crippen LogP contribution >= 0.6 is 11.3 Å². The summed E-state index contributed by atoms with van der Waals surface area (Å²) in [5, 5.41) is 7.07. The van der Waals surface area contributed by atoms with Gasteiger partial charge in [0.25, 0.3) is 5.91 Å². The molecule has 0 spiro atoms. The van der Waals surface area contributed by atoms with E-state index in [0.717, 1.165) is 49.6 Å². The van der Waals surface area contributed by atoms with Gasteiger partial charge in [0.05, 0.1) is 17.1 Å². The molecule has 8 N–H and O–H groups in total. The number of anilines is 3. The van der Waals surface area contributed by atoms with E-state index in [4.69, 9.17) is 17.2 Å². The second-order valence-corrected chi connectivity index (χ2v) is 9.82. The molecular formula is C24H33N9OS. The predicted octanol–water partition coefficient (Wildman–Crippen LogP) is 2.17. The Balaban J connectivity index is 1.24. The van der Waals surface area contributed by atoms with E-state index in [0.29, 0.717) is 42.7 Å². The second-order valence-electron chi connectivity index (χ2n) is 8.70. The number of rotatable bonds is 10. The van der Waals surface area contributed by atoms with E-state index in [2.05, 4.69) is 30.5 Å². The summed E-state index contributed by atoms with van der Waals surface area (Å²) in [4.78, 5) is 29.7. The number of nitrogen functional groups attached to an aromatic ring is 2. The summed E-state index contributed by atoms with van der Waals surface area (Å²) in [5.41, 5.74) is 19.4. The fraction of sp³-hybridized carbons (Fsp3) is 0.417. The van der Waals surface area contributed by atoms with Crippen molar-refractivity contribution in [2.24, 2.45) is 11.7 Å². The Labute approximate surface area is 209 Å². The largest absolute Gasteiger partial charge is 0.397 e. The monoisotopic (exact) mass is 495 g/mol. The Morgan fingerprint density at radius 2 is 2.03 bits per heavy atom. The Morgan fingerprint density at radius 3 is 2.77 bits per heavy atom. The normalized spacial score (nSPS) is 14.7. The minimum absolute atomic E-state index is 0.243. The predicted molar refractivity (Wildman–Crippen MR) is 141 cm³/mol. The fourth-order valence-electron chi connectivity index (χ4n) is 4.02. The number of carbonyl (C=O) groups is 1. The Morgan fingerprint density at radius 1 is 1.20 bits per heavy atom. The number of nitrogens with two attached hydrogens (primary N) is 3. The summed E-state index contributed by atoms with van der Waals surface area (Å²) in [6, 6.07) is 7.39. The van der Waals surface area contributed by atoms with Crippen LogP contribution in [0.25, 0.3) is 10.7 Å². The van der Waals surface area contributed by atoms with Crippen molar-refractivity contribution in [1.82, 2.24) is 25.2 Å². The maximum absolute atomic E-state index is 12.7. The molecule has 0 saturated carbocycles. The zero-order valence-corrected chi connectivity index (χ0v) is 20.6. The van der Waals surface area contributed by atoms with Gasteiger partial charge >= 0.3 is 0 Å². The molecule has 35 heavy (non-hydrogen) atoms. The average molecular weight is 496 g/mol. The number of piperidine rings is 1. The van der Waals surface area contributed by atoms with E-state index < -0.39 is 0 Å². The molecule has 11 heteroatoms.